The van der Waals surface area contributed by atoms with Gasteiger partial charge in [-0.3, -0.25) is 16.0 Å². The predicted molar refractivity (Wildman–Crippen MR) is 88.6 cm³/mol. The highest BCUT2D eigenvalue weighted by molar-refractivity contribution is 5.68. The SMILES string of the molecule is Cn1nccc1CCC(NN)C1CCN(C(=O)OC(C)(C)C)C1. The Morgan fingerprint density at radius 2 is 2.30 bits per heavy atom. The summed E-state index contributed by atoms with van der Waals surface area (Å²) in [7, 11) is 1.94. The molecule has 7 heteroatoms. The number of ether oxygens (including phenoxy) is 1. The molecule has 23 heavy (non-hydrogen) atoms. The van der Waals surface area contributed by atoms with Crippen molar-refractivity contribution in [2.24, 2.45) is 18.8 Å². The molecule has 2 rings (SSSR count). The third-order valence-corrected chi connectivity index (χ3v) is 4.29. The van der Waals surface area contributed by atoms with Gasteiger partial charge in [0.15, 0.2) is 0 Å². The first kappa shape index (κ1) is 17.7. The lowest BCUT2D eigenvalue weighted by Crippen LogP contribution is -2.43. The number of hydrazine groups is 1. The zero-order chi connectivity index (χ0) is 17.0. The van der Waals surface area contributed by atoms with Gasteiger partial charge in [-0.05, 0) is 52.0 Å². The molecule has 1 fully saturated rings. The van der Waals surface area contributed by atoms with E-state index in [1.165, 1.54) is 5.69 Å². The van der Waals surface area contributed by atoms with Crippen LogP contribution >= 0.6 is 0 Å². The first-order chi connectivity index (χ1) is 10.8. The van der Waals surface area contributed by atoms with Gasteiger partial charge in [-0.15, -0.1) is 0 Å². The Balaban J connectivity index is 1.86. The maximum atomic E-state index is 12.1. The zero-order valence-electron chi connectivity index (χ0n) is 14.6. The van der Waals surface area contributed by atoms with Gasteiger partial charge in [-0.1, -0.05) is 0 Å². The predicted octanol–water partition coefficient (Wildman–Crippen LogP) is 1.44. The van der Waals surface area contributed by atoms with E-state index >= 15 is 0 Å². The summed E-state index contributed by atoms with van der Waals surface area (Å²) >= 11 is 0. The summed E-state index contributed by atoms with van der Waals surface area (Å²) in [4.78, 5) is 13.9. The first-order valence-corrected chi connectivity index (χ1v) is 8.21. The number of carbonyl (C=O) groups is 1. The summed E-state index contributed by atoms with van der Waals surface area (Å²) in [6.07, 6.45) is 4.35. The van der Waals surface area contributed by atoms with Crippen molar-refractivity contribution in [3.63, 3.8) is 0 Å². The molecule has 0 saturated carbocycles. The Hall–Kier alpha value is -1.60. The molecule has 0 aromatic carbocycles. The van der Waals surface area contributed by atoms with Crippen molar-refractivity contribution >= 4 is 6.09 Å². The summed E-state index contributed by atoms with van der Waals surface area (Å²) in [6, 6.07) is 2.20. The molecule has 7 nitrogen and oxygen atoms in total. The summed E-state index contributed by atoms with van der Waals surface area (Å²) in [5, 5.41) is 4.18. The van der Waals surface area contributed by atoms with E-state index in [1.54, 1.807) is 11.1 Å². The molecule has 1 aromatic rings. The molecule has 2 unspecified atom stereocenters. The highest BCUT2D eigenvalue weighted by atomic mass is 16.6. The average Bonchev–Trinajstić information content (AvgIpc) is 3.08. The number of likely N-dealkylation sites (tertiary alicyclic amines) is 1. The van der Waals surface area contributed by atoms with Crippen molar-refractivity contribution in [3.8, 4) is 0 Å². The van der Waals surface area contributed by atoms with Crippen LogP contribution in [0.15, 0.2) is 12.3 Å². The number of aromatic nitrogens is 2. The minimum absolute atomic E-state index is 0.178. The van der Waals surface area contributed by atoms with Crippen LogP contribution in [0.2, 0.25) is 0 Å². The van der Waals surface area contributed by atoms with E-state index in [2.05, 4.69) is 10.5 Å². The molecule has 0 bridgehead atoms. The van der Waals surface area contributed by atoms with Gasteiger partial charge < -0.3 is 9.64 Å². The molecule has 0 radical (unpaired) electrons. The van der Waals surface area contributed by atoms with Crippen molar-refractivity contribution in [3.05, 3.63) is 18.0 Å². The van der Waals surface area contributed by atoms with E-state index in [1.807, 2.05) is 38.6 Å². The smallest absolute Gasteiger partial charge is 0.410 e. The molecule has 1 aliphatic rings. The highest BCUT2D eigenvalue weighted by Gasteiger charge is 2.33. The molecule has 1 aromatic heterocycles. The summed E-state index contributed by atoms with van der Waals surface area (Å²) in [6.45, 7) is 7.07. The third-order valence-electron chi connectivity index (χ3n) is 4.29. The minimum atomic E-state index is -0.458. The minimum Gasteiger partial charge on any atom is -0.444 e. The lowest BCUT2D eigenvalue weighted by molar-refractivity contribution is 0.0285. The van der Waals surface area contributed by atoms with Gasteiger partial charge in [-0.2, -0.15) is 5.10 Å². The van der Waals surface area contributed by atoms with Crippen LogP contribution in [0, 0.1) is 5.92 Å². The monoisotopic (exact) mass is 323 g/mol. The lowest BCUT2D eigenvalue weighted by atomic mass is 9.95. The van der Waals surface area contributed by atoms with Gasteiger partial charge in [-0.25, -0.2) is 4.79 Å². The molecule has 1 saturated heterocycles. The Labute approximate surface area is 138 Å². The average molecular weight is 323 g/mol. The van der Waals surface area contributed by atoms with Crippen molar-refractivity contribution in [1.82, 2.24) is 20.1 Å². The highest BCUT2D eigenvalue weighted by Crippen LogP contribution is 2.24. The number of hydrogen-bond acceptors (Lipinski definition) is 5. The van der Waals surface area contributed by atoms with Crippen molar-refractivity contribution in [2.75, 3.05) is 13.1 Å². The Bertz CT molecular complexity index is 523. The summed E-state index contributed by atoms with van der Waals surface area (Å²) in [5.41, 5.74) is 3.65. The van der Waals surface area contributed by atoms with Crippen LogP contribution in [0.25, 0.3) is 0 Å². The van der Waals surface area contributed by atoms with Crippen LogP contribution in [0.4, 0.5) is 4.79 Å². The molecule has 2 heterocycles. The number of nitrogens with one attached hydrogen (secondary N) is 1. The van der Waals surface area contributed by atoms with Crippen LogP contribution in [0.5, 0.6) is 0 Å². The second kappa shape index (κ2) is 7.31. The molecule has 1 amide bonds. The summed E-state index contributed by atoms with van der Waals surface area (Å²) in [5.74, 6) is 6.09. The van der Waals surface area contributed by atoms with E-state index in [9.17, 15) is 4.79 Å². The van der Waals surface area contributed by atoms with Gasteiger partial charge in [0.1, 0.15) is 5.60 Å². The van der Waals surface area contributed by atoms with Crippen LogP contribution in [0.3, 0.4) is 0 Å². The second-order valence-electron chi connectivity index (χ2n) is 7.23. The number of amides is 1. The normalized spacial score (nSPS) is 19.9. The second-order valence-corrected chi connectivity index (χ2v) is 7.23. The number of aryl methyl sites for hydroxylation is 2. The van der Waals surface area contributed by atoms with Gasteiger partial charge in [0.2, 0.25) is 0 Å². The Morgan fingerprint density at radius 1 is 1.57 bits per heavy atom. The van der Waals surface area contributed by atoms with E-state index < -0.39 is 5.60 Å². The molecule has 0 spiro atoms. The summed E-state index contributed by atoms with van der Waals surface area (Å²) < 4.78 is 7.33. The van der Waals surface area contributed by atoms with Crippen LogP contribution in [-0.2, 0) is 18.2 Å². The number of nitrogens with two attached hydrogens (primary N) is 1. The van der Waals surface area contributed by atoms with E-state index in [-0.39, 0.29) is 12.1 Å². The van der Waals surface area contributed by atoms with Gasteiger partial charge >= 0.3 is 6.09 Å². The van der Waals surface area contributed by atoms with Crippen LogP contribution in [-0.4, -0.2) is 45.5 Å². The lowest BCUT2D eigenvalue weighted by Gasteiger charge is -2.26. The number of carbonyl (C=O) groups excluding carboxylic acids is 1. The fraction of sp³-hybridized carbons (Fsp3) is 0.750. The van der Waals surface area contributed by atoms with E-state index in [0.717, 1.165) is 25.8 Å². The van der Waals surface area contributed by atoms with Crippen molar-refractivity contribution in [2.45, 2.75) is 51.7 Å². The standard InChI is InChI=1S/C16H29N5O2/c1-16(2,3)23-15(22)21-10-8-12(11-21)14(19-17)6-5-13-7-9-18-20(13)4/h7,9,12,14,19H,5-6,8,10-11,17H2,1-4H3. The zero-order valence-corrected chi connectivity index (χ0v) is 14.6. The molecule has 2 atom stereocenters. The number of hydrogen-bond donors (Lipinski definition) is 2. The van der Waals surface area contributed by atoms with E-state index in [4.69, 9.17) is 10.6 Å². The first-order valence-electron chi connectivity index (χ1n) is 8.21. The molecule has 1 aliphatic heterocycles. The topological polar surface area (TPSA) is 85.4 Å². The number of nitrogens with zero attached hydrogens (tertiary/aromatic N) is 3. The molecular weight excluding hydrogens is 294 g/mol. The van der Waals surface area contributed by atoms with Crippen LogP contribution < -0.4 is 11.3 Å². The molecule has 0 aliphatic carbocycles. The Kier molecular flexibility index (Phi) is 5.64. The quantitative estimate of drug-likeness (QED) is 0.633. The van der Waals surface area contributed by atoms with Crippen LogP contribution in [0.1, 0.15) is 39.3 Å². The maximum Gasteiger partial charge on any atom is 0.410 e. The van der Waals surface area contributed by atoms with Gasteiger partial charge in [0, 0.05) is 38.1 Å². The van der Waals surface area contributed by atoms with E-state index in [0.29, 0.717) is 12.5 Å². The van der Waals surface area contributed by atoms with Gasteiger partial charge in [0.25, 0.3) is 0 Å². The number of rotatable bonds is 5. The maximum absolute atomic E-state index is 12.1. The van der Waals surface area contributed by atoms with Crippen molar-refractivity contribution < 1.29 is 9.53 Å². The molecular formula is C16H29N5O2. The van der Waals surface area contributed by atoms with Crippen molar-refractivity contribution in [1.29, 1.82) is 0 Å². The fourth-order valence-corrected chi connectivity index (χ4v) is 3.01. The van der Waals surface area contributed by atoms with Gasteiger partial charge in [0.05, 0.1) is 0 Å². The Morgan fingerprint density at radius 3 is 2.87 bits per heavy atom. The largest absolute Gasteiger partial charge is 0.444 e. The molecule has 130 valence electrons. The fourth-order valence-electron chi connectivity index (χ4n) is 3.01. The third kappa shape index (κ3) is 4.94. The molecule has 3 N–H and O–H groups in total.